The van der Waals surface area contributed by atoms with Gasteiger partial charge in [0.2, 0.25) is 0 Å². The third-order valence-corrected chi connectivity index (χ3v) is 2.80. The van der Waals surface area contributed by atoms with Gasteiger partial charge < -0.3 is 0 Å². The van der Waals surface area contributed by atoms with Gasteiger partial charge in [0, 0.05) is 5.56 Å². The molecule has 17 heavy (non-hydrogen) atoms. The predicted molar refractivity (Wildman–Crippen MR) is 66.6 cm³/mol. The Kier molecular flexibility index (Phi) is 3.05. The lowest BCUT2D eigenvalue weighted by Gasteiger charge is -2.06. The molecule has 0 saturated heterocycles. The van der Waals surface area contributed by atoms with Crippen molar-refractivity contribution in [3.05, 3.63) is 59.4 Å². The summed E-state index contributed by atoms with van der Waals surface area (Å²) in [6.07, 6.45) is 0. The quantitative estimate of drug-likeness (QED) is 0.710. The number of ketones is 1. The van der Waals surface area contributed by atoms with E-state index >= 15 is 0 Å². The third kappa shape index (κ3) is 2.41. The van der Waals surface area contributed by atoms with Gasteiger partial charge in [-0.25, -0.2) is 4.39 Å². The summed E-state index contributed by atoms with van der Waals surface area (Å²) in [6.45, 7) is 3.47. The first-order chi connectivity index (χ1) is 8.08. The number of carbonyl (C=O) groups excluding carboxylic acids is 1. The van der Waals surface area contributed by atoms with Crippen molar-refractivity contribution in [2.75, 3.05) is 0 Å². The Balaban J connectivity index is 2.46. The lowest BCUT2D eigenvalue weighted by molar-refractivity contribution is 0.101. The van der Waals surface area contributed by atoms with Crippen LogP contribution in [0.3, 0.4) is 0 Å². The Morgan fingerprint density at radius 2 is 1.71 bits per heavy atom. The van der Waals surface area contributed by atoms with E-state index in [0.29, 0.717) is 5.56 Å². The van der Waals surface area contributed by atoms with Gasteiger partial charge in [-0.15, -0.1) is 0 Å². The molecule has 2 aromatic rings. The highest BCUT2D eigenvalue weighted by molar-refractivity contribution is 5.94. The van der Waals surface area contributed by atoms with Crippen LogP contribution in [-0.2, 0) is 0 Å². The molecule has 0 aliphatic heterocycles. The number of hydrogen-bond donors (Lipinski definition) is 0. The molecule has 0 spiro atoms. The maximum absolute atomic E-state index is 13.2. The summed E-state index contributed by atoms with van der Waals surface area (Å²) in [5, 5.41) is 0. The van der Waals surface area contributed by atoms with Crippen molar-refractivity contribution in [2.45, 2.75) is 13.8 Å². The molecule has 2 heteroatoms. The zero-order chi connectivity index (χ0) is 12.4. The van der Waals surface area contributed by atoms with Crippen LogP contribution in [0.15, 0.2) is 42.5 Å². The summed E-state index contributed by atoms with van der Waals surface area (Å²) < 4.78 is 13.2. The zero-order valence-electron chi connectivity index (χ0n) is 9.83. The van der Waals surface area contributed by atoms with Gasteiger partial charge in [0.15, 0.2) is 5.78 Å². The topological polar surface area (TPSA) is 17.1 Å². The molecule has 0 bridgehead atoms. The van der Waals surface area contributed by atoms with E-state index in [2.05, 4.69) is 0 Å². The number of carbonyl (C=O) groups is 1. The van der Waals surface area contributed by atoms with Crippen molar-refractivity contribution in [2.24, 2.45) is 0 Å². The van der Waals surface area contributed by atoms with Gasteiger partial charge >= 0.3 is 0 Å². The summed E-state index contributed by atoms with van der Waals surface area (Å²) in [6, 6.07) is 11.9. The van der Waals surface area contributed by atoms with Crippen LogP contribution in [0.4, 0.5) is 4.39 Å². The molecular formula is C15H13FO. The van der Waals surface area contributed by atoms with Gasteiger partial charge in [-0.1, -0.05) is 30.3 Å². The van der Waals surface area contributed by atoms with Crippen LogP contribution in [0.1, 0.15) is 22.8 Å². The van der Waals surface area contributed by atoms with Gasteiger partial charge in [0.05, 0.1) is 0 Å². The van der Waals surface area contributed by atoms with Crippen LogP contribution in [0.2, 0.25) is 0 Å². The van der Waals surface area contributed by atoms with E-state index in [1.807, 2.05) is 19.1 Å². The lowest BCUT2D eigenvalue weighted by atomic mass is 9.99. The fourth-order valence-corrected chi connectivity index (χ4v) is 1.79. The molecule has 0 amide bonds. The van der Waals surface area contributed by atoms with Gasteiger partial charge in [0.25, 0.3) is 0 Å². The second kappa shape index (κ2) is 4.50. The second-order valence-electron chi connectivity index (χ2n) is 4.09. The normalized spacial score (nSPS) is 10.3. The van der Waals surface area contributed by atoms with Crippen LogP contribution in [0, 0.1) is 12.7 Å². The summed E-state index contributed by atoms with van der Waals surface area (Å²) in [4.78, 5) is 11.2. The first kappa shape index (κ1) is 11.5. The standard InChI is InChI=1S/C15H13FO/c1-10-3-8-14(16)9-15(10)13-6-4-12(5-7-13)11(2)17/h3-9H,1-2H3. The minimum absolute atomic E-state index is 0.0347. The Hall–Kier alpha value is -1.96. The van der Waals surface area contributed by atoms with E-state index < -0.39 is 0 Å². The van der Waals surface area contributed by atoms with E-state index in [-0.39, 0.29) is 11.6 Å². The molecule has 0 atom stereocenters. The largest absolute Gasteiger partial charge is 0.295 e. The van der Waals surface area contributed by atoms with E-state index in [1.165, 1.54) is 19.1 Å². The maximum atomic E-state index is 13.2. The molecule has 0 aromatic heterocycles. The van der Waals surface area contributed by atoms with Crippen molar-refractivity contribution in [1.29, 1.82) is 0 Å². The predicted octanol–water partition coefficient (Wildman–Crippen LogP) is 4.00. The number of rotatable bonds is 2. The monoisotopic (exact) mass is 228 g/mol. The smallest absolute Gasteiger partial charge is 0.159 e. The summed E-state index contributed by atoms with van der Waals surface area (Å²) >= 11 is 0. The minimum atomic E-state index is -0.249. The van der Waals surface area contributed by atoms with Crippen molar-refractivity contribution in [1.82, 2.24) is 0 Å². The van der Waals surface area contributed by atoms with Crippen LogP contribution in [0.5, 0.6) is 0 Å². The van der Waals surface area contributed by atoms with Crippen LogP contribution < -0.4 is 0 Å². The zero-order valence-corrected chi connectivity index (χ0v) is 9.83. The summed E-state index contributed by atoms with van der Waals surface area (Å²) in [7, 11) is 0. The maximum Gasteiger partial charge on any atom is 0.159 e. The van der Waals surface area contributed by atoms with E-state index in [4.69, 9.17) is 0 Å². The third-order valence-electron chi connectivity index (χ3n) is 2.80. The Morgan fingerprint density at radius 3 is 2.29 bits per heavy atom. The molecule has 86 valence electrons. The molecule has 0 saturated carbocycles. The van der Waals surface area contributed by atoms with Crippen molar-refractivity contribution in [3.63, 3.8) is 0 Å². The van der Waals surface area contributed by atoms with Crippen molar-refractivity contribution in [3.8, 4) is 11.1 Å². The molecule has 0 aliphatic carbocycles. The molecular weight excluding hydrogens is 215 g/mol. The molecule has 1 nitrogen and oxygen atoms in total. The number of Topliss-reactive ketones (excluding diaryl/α,β-unsaturated/α-hetero) is 1. The average molecular weight is 228 g/mol. The molecule has 0 unspecified atom stereocenters. The lowest BCUT2D eigenvalue weighted by Crippen LogP contribution is -1.91. The Morgan fingerprint density at radius 1 is 1.06 bits per heavy atom. The minimum Gasteiger partial charge on any atom is -0.295 e. The average Bonchev–Trinajstić information content (AvgIpc) is 2.32. The molecule has 0 aliphatic rings. The Labute approximate surface area is 99.9 Å². The highest BCUT2D eigenvalue weighted by Crippen LogP contribution is 2.24. The number of halogens is 1. The first-order valence-corrected chi connectivity index (χ1v) is 5.45. The van der Waals surface area contributed by atoms with Crippen LogP contribution in [0.25, 0.3) is 11.1 Å². The highest BCUT2D eigenvalue weighted by Gasteiger charge is 2.04. The molecule has 0 fully saturated rings. The van der Waals surface area contributed by atoms with Crippen molar-refractivity contribution >= 4 is 5.78 Å². The second-order valence-corrected chi connectivity index (χ2v) is 4.09. The SMILES string of the molecule is CC(=O)c1ccc(-c2cc(F)ccc2C)cc1. The van der Waals surface area contributed by atoms with Gasteiger partial charge in [0.1, 0.15) is 5.82 Å². The number of aryl methyl sites for hydroxylation is 1. The van der Waals surface area contributed by atoms with Gasteiger partial charge in [-0.3, -0.25) is 4.79 Å². The van der Waals surface area contributed by atoms with Crippen LogP contribution in [-0.4, -0.2) is 5.78 Å². The fourth-order valence-electron chi connectivity index (χ4n) is 1.79. The summed E-state index contributed by atoms with van der Waals surface area (Å²) in [5.74, 6) is -0.214. The molecule has 2 aromatic carbocycles. The number of benzene rings is 2. The van der Waals surface area contributed by atoms with Crippen LogP contribution >= 0.6 is 0 Å². The Bertz CT molecular complexity index is 556. The molecule has 0 heterocycles. The first-order valence-electron chi connectivity index (χ1n) is 5.45. The summed E-state index contributed by atoms with van der Waals surface area (Å²) in [5.41, 5.74) is 3.47. The van der Waals surface area contributed by atoms with E-state index in [0.717, 1.165) is 16.7 Å². The van der Waals surface area contributed by atoms with Crippen molar-refractivity contribution < 1.29 is 9.18 Å². The number of hydrogen-bond acceptors (Lipinski definition) is 1. The highest BCUT2D eigenvalue weighted by atomic mass is 19.1. The van der Waals surface area contributed by atoms with E-state index in [1.54, 1.807) is 18.2 Å². The molecule has 0 radical (unpaired) electrons. The molecule has 2 rings (SSSR count). The van der Waals surface area contributed by atoms with E-state index in [9.17, 15) is 9.18 Å². The fraction of sp³-hybridized carbons (Fsp3) is 0.133. The molecule has 0 N–H and O–H groups in total. The van der Waals surface area contributed by atoms with Gasteiger partial charge in [-0.05, 0) is 42.7 Å². The van der Waals surface area contributed by atoms with Gasteiger partial charge in [-0.2, -0.15) is 0 Å².